The van der Waals surface area contributed by atoms with Crippen LogP contribution in [0.4, 0.5) is 14.5 Å². The van der Waals surface area contributed by atoms with E-state index >= 15 is 0 Å². The maximum Gasteiger partial charge on any atom is 0.261 e. The van der Waals surface area contributed by atoms with Gasteiger partial charge in [0.25, 0.3) is 10.0 Å². The van der Waals surface area contributed by atoms with Crippen molar-refractivity contribution in [2.75, 3.05) is 4.72 Å². The molecule has 0 atom stereocenters. The number of sulfonamides is 2. The van der Waals surface area contributed by atoms with Gasteiger partial charge in [-0.1, -0.05) is 0 Å². The molecule has 0 saturated heterocycles. The van der Waals surface area contributed by atoms with E-state index in [0.717, 1.165) is 49.2 Å². The molecule has 1 fully saturated rings. The largest absolute Gasteiger partial charge is 0.277 e. The van der Waals surface area contributed by atoms with Crippen molar-refractivity contribution in [2.24, 2.45) is 0 Å². The van der Waals surface area contributed by atoms with Crippen molar-refractivity contribution in [3.63, 3.8) is 0 Å². The molecule has 10 heteroatoms. The Labute approximate surface area is 144 Å². The molecule has 0 amide bonds. The molecule has 2 N–H and O–H groups in total. The highest BCUT2D eigenvalue weighted by atomic mass is 32.2. The molecule has 3 rings (SSSR count). The van der Waals surface area contributed by atoms with E-state index in [-0.39, 0.29) is 15.8 Å². The van der Waals surface area contributed by atoms with Crippen molar-refractivity contribution < 1.29 is 25.6 Å². The van der Waals surface area contributed by atoms with Crippen LogP contribution in [0.2, 0.25) is 0 Å². The highest BCUT2D eigenvalue weighted by Gasteiger charge is 2.28. The van der Waals surface area contributed by atoms with E-state index in [0.29, 0.717) is 6.07 Å². The summed E-state index contributed by atoms with van der Waals surface area (Å²) in [6.07, 6.45) is 1.55. The quantitative estimate of drug-likeness (QED) is 0.794. The zero-order valence-corrected chi connectivity index (χ0v) is 14.4. The molecule has 2 aromatic carbocycles. The maximum atomic E-state index is 13.6. The van der Waals surface area contributed by atoms with Gasteiger partial charge in [0, 0.05) is 12.1 Å². The molecule has 6 nitrogen and oxygen atoms in total. The van der Waals surface area contributed by atoms with Gasteiger partial charge in [0.15, 0.2) is 0 Å². The first-order valence-electron chi connectivity index (χ1n) is 7.28. The molecular weight excluding hydrogens is 374 g/mol. The number of anilines is 1. The third-order valence-electron chi connectivity index (χ3n) is 3.52. The monoisotopic (exact) mass is 388 g/mol. The fourth-order valence-corrected chi connectivity index (χ4v) is 4.43. The van der Waals surface area contributed by atoms with Crippen molar-refractivity contribution in [3.05, 3.63) is 54.1 Å². The number of hydrogen-bond donors (Lipinski definition) is 2. The summed E-state index contributed by atoms with van der Waals surface area (Å²) < 4.78 is 79.7. The van der Waals surface area contributed by atoms with Crippen LogP contribution >= 0.6 is 0 Å². The van der Waals surface area contributed by atoms with Crippen LogP contribution in [-0.2, 0) is 20.0 Å². The molecule has 134 valence electrons. The average Bonchev–Trinajstić information content (AvgIpc) is 3.34. The van der Waals surface area contributed by atoms with Gasteiger partial charge >= 0.3 is 0 Å². The SMILES string of the molecule is O=S(=O)(Nc1cc(F)ccc1F)c1ccc(S(=O)(=O)NC2CC2)cc1. The average molecular weight is 388 g/mol. The third-order valence-corrected chi connectivity index (χ3v) is 6.43. The van der Waals surface area contributed by atoms with E-state index in [2.05, 4.69) is 4.72 Å². The molecule has 1 aliphatic carbocycles. The van der Waals surface area contributed by atoms with E-state index in [9.17, 15) is 25.6 Å². The molecule has 0 aliphatic heterocycles. The van der Waals surface area contributed by atoms with Gasteiger partial charge < -0.3 is 0 Å². The Morgan fingerprint density at radius 3 is 1.96 bits per heavy atom. The lowest BCUT2D eigenvalue weighted by Gasteiger charge is -2.10. The molecule has 0 aromatic heterocycles. The lowest BCUT2D eigenvalue weighted by atomic mass is 10.3. The van der Waals surface area contributed by atoms with Gasteiger partial charge in [0.05, 0.1) is 15.5 Å². The van der Waals surface area contributed by atoms with Crippen LogP contribution in [0.15, 0.2) is 52.3 Å². The summed E-state index contributed by atoms with van der Waals surface area (Å²) in [6.45, 7) is 0. The molecule has 0 bridgehead atoms. The van der Waals surface area contributed by atoms with Gasteiger partial charge in [0.1, 0.15) is 11.6 Å². The molecule has 0 radical (unpaired) electrons. The van der Waals surface area contributed by atoms with E-state index < -0.39 is 37.4 Å². The highest BCUT2D eigenvalue weighted by molar-refractivity contribution is 7.92. The number of hydrogen-bond acceptors (Lipinski definition) is 4. The van der Waals surface area contributed by atoms with Gasteiger partial charge in [-0.05, 0) is 49.2 Å². The minimum atomic E-state index is -4.20. The Morgan fingerprint density at radius 1 is 0.840 bits per heavy atom. The van der Waals surface area contributed by atoms with Gasteiger partial charge in [-0.15, -0.1) is 0 Å². The number of benzene rings is 2. The van der Waals surface area contributed by atoms with Gasteiger partial charge in [0.2, 0.25) is 10.0 Å². The minimum Gasteiger partial charge on any atom is -0.277 e. The molecule has 2 aromatic rings. The van der Waals surface area contributed by atoms with Crippen LogP contribution in [0, 0.1) is 11.6 Å². The van der Waals surface area contributed by atoms with Gasteiger partial charge in [-0.3, -0.25) is 4.72 Å². The number of rotatable bonds is 6. The Balaban J connectivity index is 1.84. The first-order valence-corrected chi connectivity index (χ1v) is 10.2. The second-order valence-corrected chi connectivity index (χ2v) is 8.99. The summed E-state index contributed by atoms with van der Waals surface area (Å²) in [4.78, 5) is -0.350. The molecule has 1 aliphatic rings. The summed E-state index contributed by atoms with van der Waals surface area (Å²) in [5, 5.41) is 0. The Bertz CT molecular complexity index is 1000. The van der Waals surface area contributed by atoms with Gasteiger partial charge in [-0.2, -0.15) is 0 Å². The molecule has 0 heterocycles. The van der Waals surface area contributed by atoms with E-state index in [4.69, 9.17) is 0 Å². The summed E-state index contributed by atoms with van der Waals surface area (Å²) in [5.41, 5.74) is -0.535. The maximum absolute atomic E-state index is 13.6. The smallest absolute Gasteiger partial charge is 0.261 e. The second-order valence-electron chi connectivity index (χ2n) is 5.60. The summed E-state index contributed by atoms with van der Waals surface area (Å²) >= 11 is 0. The first kappa shape index (κ1) is 17.8. The minimum absolute atomic E-state index is 0.0738. The highest BCUT2D eigenvalue weighted by Crippen LogP contribution is 2.24. The van der Waals surface area contributed by atoms with Crippen LogP contribution in [0.25, 0.3) is 0 Å². The third kappa shape index (κ3) is 4.14. The van der Waals surface area contributed by atoms with Crippen LogP contribution in [0.1, 0.15) is 12.8 Å². The molecule has 25 heavy (non-hydrogen) atoms. The van der Waals surface area contributed by atoms with Gasteiger partial charge in [-0.25, -0.2) is 30.3 Å². The Hall–Kier alpha value is -2.04. The standard InChI is InChI=1S/C15H14F2N2O4S2/c16-10-1-8-14(17)15(9-10)19-25(22,23)13-6-4-12(5-7-13)24(20,21)18-11-2-3-11/h1,4-9,11,18-19H,2-3H2. The van der Waals surface area contributed by atoms with Crippen LogP contribution in [0.5, 0.6) is 0 Å². The Kier molecular flexibility index (Phi) is 4.52. The second kappa shape index (κ2) is 6.36. The predicted molar refractivity (Wildman–Crippen MR) is 87.0 cm³/mol. The predicted octanol–water partition coefficient (Wildman–Crippen LogP) is 2.21. The Morgan fingerprint density at radius 2 is 1.40 bits per heavy atom. The van der Waals surface area contributed by atoms with Crippen LogP contribution in [0.3, 0.4) is 0 Å². The summed E-state index contributed by atoms with van der Waals surface area (Å²) in [5.74, 6) is -1.73. The summed E-state index contributed by atoms with van der Waals surface area (Å²) in [6, 6.07) is 6.74. The first-order chi connectivity index (χ1) is 11.7. The van der Waals surface area contributed by atoms with E-state index in [1.807, 2.05) is 4.72 Å². The lowest BCUT2D eigenvalue weighted by molar-refractivity contribution is 0.580. The number of nitrogens with one attached hydrogen (secondary N) is 2. The van der Waals surface area contributed by atoms with E-state index in [1.54, 1.807) is 0 Å². The zero-order chi connectivity index (χ0) is 18.2. The van der Waals surface area contributed by atoms with Crippen LogP contribution in [-0.4, -0.2) is 22.9 Å². The van der Waals surface area contributed by atoms with E-state index in [1.165, 1.54) is 0 Å². The van der Waals surface area contributed by atoms with Crippen molar-refractivity contribution in [3.8, 4) is 0 Å². The lowest BCUT2D eigenvalue weighted by Crippen LogP contribution is -2.25. The molecule has 0 spiro atoms. The van der Waals surface area contributed by atoms with Crippen molar-refractivity contribution in [1.29, 1.82) is 0 Å². The van der Waals surface area contributed by atoms with Crippen molar-refractivity contribution >= 4 is 25.7 Å². The topological polar surface area (TPSA) is 92.3 Å². The fourth-order valence-electron chi connectivity index (χ4n) is 2.07. The summed E-state index contributed by atoms with van der Waals surface area (Å²) in [7, 11) is -7.90. The number of halogens is 2. The molecular formula is C15H14F2N2O4S2. The fraction of sp³-hybridized carbons (Fsp3) is 0.200. The van der Waals surface area contributed by atoms with Crippen molar-refractivity contribution in [2.45, 2.75) is 28.7 Å². The molecule has 0 unspecified atom stereocenters. The van der Waals surface area contributed by atoms with Crippen LogP contribution < -0.4 is 9.44 Å². The normalized spacial score (nSPS) is 15.1. The zero-order valence-electron chi connectivity index (χ0n) is 12.7. The van der Waals surface area contributed by atoms with Crippen molar-refractivity contribution in [1.82, 2.24) is 4.72 Å². The molecule has 1 saturated carbocycles.